The van der Waals surface area contributed by atoms with Crippen LogP contribution in [0.4, 0.5) is 5.69 Å². The van der Waals surface area contributed by atoms with Gasteiger partial charge in [-0.1, -0.05) is 38.1 Å². The van der Waals surface area contributed by atoms with Crippen molar-refractivity contribution in [2.24, 2.45) is 0 Å². The normalized spacial score (nSPS) is 16.2. The summed E-state index contributed by atoms with van der Waals surface area (Å²) in [6.07, 6.45) is -0.651. The minimum Gasteiger partial charge on any atom is -0.485 e. The highest BCUT2D eigenvalue weighted by atomic mass is 32.2. The maximum Gasteiger partial charge on any atom is 0.269 e. The lowest BCUT2D eigenvalue weighted by Crippen LogP contribution is -2.40. The number of hydrogen-bond donors (Lipinski definition) is 1. The van der Waals surface area contributed by atoms with Gasteiger partial charge in [-0.15, -0.1) is 11.8 Å². The summed E-state index contributed by atoms with van der Waals surface area (Å²) in [6, 6.07) is 15.2. The first kappa shape index (κ1) is 15.7. The molecule has 5 heteroatoms. The molecule has 120 valence electrons. The van der Waals surface area contributed by atoms with Crippen molar-refractivity contribution in [2.75, 3.05) is 11.9 Å². The average molecular weight is 329 g/mol. The Morgan fingerprint density at radius 2 is 1.83 bits per heavy atom. The maximum atomic E-state index is 12.5. The van der Waals surface area contributed by atoms with E-state index in [0.717, 1.165) is 10.6 Å². The molecule has 0 fully saturated rings. The number of anilines is 1. The van der Waals surface area contributed by atoms with E-state index < -0.39 is 6.10 Å². The predicted molar refractivity (Wildman–Crippen MR) is 92.4 cm³/mol. The molecule has 0 radical (unpaired) electrons. The van der Waals surface area contributed by atoms with Crippen LogP contribution in [0.3, 0.4) is 0 Å². The van der Waals surface area contributed by atoms with Crippen LogP contribution >= 0.6 is 11.8 Å². The smallest absolute Gasteiger partial charge is 0.269 e. The number of hydrogen-bond acceptors (Lipinski definition) is 4. The van der Waals surface area contributed by atoms with Crippen molar-refractivity contribution in [2.45, 2.75) is 30.1 Å². The van der Waals surface area contributed by atoms with E-state index >= 15 is 0 Å². The van der Waals surface area contributed by atoms with E-state index in [4.69, 9.17) is 9.47 Å². The van der Waals surface area contributed by atoms with E-state index in [9.17, 15) is 4.79 Å². The van der Waals surface area contributed by atoms with Crippen LogP contribution in [-0.2, 0) is 4.79 Å². The average Bonchev–Trinajstić information content (AvgIpc) is 2.55. The molecule has 0 aliphatic carbocycles. The molecule has 23 heavy (non-hydrogen) atoms. The molecule has 1 aliphatic rings. The van der Waals surface area contributed by atoms with Crippen LogP contribution in [0, 0.1) is 0 Å². The molecule has 0 saturated carbocycles. The molecule has 2 aromatic rings. The molecule has 1 atom stereocenters. The fourth-order valence-electron chi connectivity index (χ4n) is 2.29. The van der Waals surface area contributed by atoms with Crippen LogP contribution in [0.25, 0.3) is 0 Å². The van der Waals surface area contributed by atoms with E-state index in [2.05, 4.69) is 19.2 Å². The first-order valence-corrected chi connectivity index (χ1v) is 8.46. The highest BCUT2D eigenvalue weighted by molar-refractivity contribution is 8.00. The monoisotopic (exact) mass is 329 g/mol. The second kappa shape index (κ2) is 6.96. The van der Waals surface area contributed by atoms with Crippen molar-refractivity contribution in [3.05, 3.63) is 48.5 Å². The van der Waals surface area contributed by atoms with E-state index in [-0.39, 0.29) is 12.5 Å². The van der Waals surface area contributed by atoms with E-state index in [1.165, 1.54) is 0 Å². The fourth-order valence-corrected chi connectivity index (χ4v) is 3.20. The molecular weight excluding hydrogens is 310 g/mol. The Labute approximate surface area is 140 Å². The zero-order valence-electron chi connectivity index (χ0n) is 13.1. The Morgan fingerprint density at radius 1 is 1.13 bits per heavy atom. The first-order chi connectivity index (χ1) is 11.1. The van der Waals surface area contributed by atoms with Crippen molar-refractivity contribution in [3.63, 3.8) is 0 Å². The Balaban J connectivity index is 1.71. The second-order valence-electron chi connectivity index (χ2n) is 5.52. The summed E-state index contributed by atoms with van der Waals surface area (Å²) >= 11 is 1.72. The third-order valence-corrected chi connectivity index (χ3v) is 4.39. The molecule has 3 rings (SSSR count). The van der Waals surface area contributed by atoms with Gasteiger partial charge in [0.1, 0.15) is 6.61 Å². The molecule has 2 aromatic carbocycles. The van der Waals surface area contributed by atoms with E-state index in [1.807, 2.05) is 42.5 Å². The lowest BCUT2D eigenvalue weighted by Gasteiger charge is -2.25. The van der Waals surface area contributed by atoms with Gasteiger partial charge in [0.05, 0.1) is 5.69 Å². The van der Waals surface area contributed by atoms with Crippen LogP contribution in [0.5, 0.6) is 11.5 Å². The molecular formula is C18H19NO3S. The van der Waals surface area contributed by atoms with Gasteiger partial charge in [-0.2, -0.15) is 0 Å². The summed E-state index contributed by atoms with van der Waals surface area (Å²) in [7, 11) is 0. The van der Waals surface area contributed by atoms with Crippen LogP contribution in [-0.4, -0.2) is 23.9 Å². The minimum atomic E-state index is -0.651. The van der Waals surface area contributed by atoms with Crippen molar-refractivity contribution in [1.82, 2.24) is 0 Å². The molecule has 4 nitrogen and oxygen atoms in total. The summed E-state index contributed by atoms with van der Waals surface area (Å²) in [4.78, 5) is 13.5. The third kappa shape index (κ3) is 3.79. The van der Waals surface area contributed by atoms with Gasteiger partial charge >= 0.3 is 0 Å². The van der Waals surface area contributed by atoms with Gasteiger partial charge in [0, 0.05) is 10.1 Å². The Morgan fingerprint density at radius 3 is 2.61 bits per heavy atom. The predicted octanol–water partition coefficient (Wildman–Crippen LogP) is 3.97. The van der Waals surface area contributed by atoms with Crippen LogP contribution in [0.1, 0.15) is 13.8 Å². The van der Waals surface area contributed by atoms with Gasteiger partial charge < -0.3 is 14.8 Å². The van der Waals surface area contributed by atoms with Gasteiger partial charge in [0.15, 0.2) is 11.5 Å². The van der Waals surface area contributed by atoms with E-state index in [0.29, 0.717) is 16.7 Å². The van der Waals surface area contributed by atoms with Crippen molar-refractivity contribution in [1.29, 1.82) is 0 Å². The SMILES string of the molecule is CC(C)Sc1ccccc1NC(=O)C1COc2ccccc2O1. The van der Waals surface area contributed by atoms with Gasteiger partial charge in [0.2, 0.25) is 6.10 Å². The van der Waals surface area contributed by atoms with Crippen molar-refractivity contribution in [3.8, 4) is 11.5 Å². The Kier molecular flexibility index (Phi) is 4.76. The number of nitrogens with one attached hydrogen (secondary N) is 1. The second-order valence-corrected chi connectivity index (χ2v) is 7.13. The fraction of sp³-hybridized carbons (Fsp3) is 0.278. The standard InChI is InChI=1S/C18H19NO3S/c1-12(2)23-17-10-6-3-7-13(17)19-18(20)16-11-21-14-8-4-5-9-15(14)22-16/h3-10,12,16H,11H2,1-2H3,(H,19,20). The summed E-state index contributed by atoms with van der Waals surface area (Å²) < 4.78 is 11.3. The van der Waals surface area contributed by atoms with Crippen LogP contribution in [0.2, 0.25) is 0 Å². The largest absolute Gasteiger partial charge is 0.485 e. The molecule has 0 saturated heterocycles. The lowest BCUT2D eigenvalue weighted by molar-refractivity contribution is -0.125. The number of benzene rings is 2. The summed E-state index contributed by atoms with van der Waals surface area (Å²) in [5.41, 5.74) is 0.804. The topological polar surface area (TPSA) is 47.6 Å². The number of amides is 1. The number of thioether (sulfide) groups is 1. The van der Waals surface area contributed by atoms with Crippen molar-refractivity contribution < 1.29 is 14.3 Å². The van der Waals surface area contributed by atoms with Crippen molar-refractivity contribution >= 4 is 23.4 Å². The Bertz CT molecular complexity index is 702. The van der Waals surface area contributed by atoms with Gasteiger partial charge in [0.25, 0.3) is 5.91 Å². The molecule has 1 unspecified atom stereocenters. The summed E-state index contributed by atoms with van der Waals surface area (Å²) in [5, 5.41) is 3.39. The van der Waals surface area contributed by atoms with Gasteiger partial charge in [-0.3, -0.25) is 4.79 Å². The maximum absolute atomic E-state index is 12.5. The highest BCUT2D eigenvalue weighted by Crippen LogP contribution is 2.32. The van der Waals surface area contributed by atoms with Gasteiger partial charge in [-0.25, -0.2) is 0 Å². The quantitative estimate of drug-likeness (QED) is 0.862. The first-order valence-electron chi connectivity index (χ1n) is 7.58. The number of rotatable bonds is 4. The molecule has 0 bridgehead atoms. The number of carbonyl (C=O) groups excluding carboxylic acids is 1. The number of ether oxygens (including phenoxy) is 2. The zero-order valence-corrected chi connectivity index (χ0v) is 13.9. The molecule has 0 aromatic heterocycles. The van der Waals surface area contributed by atoms with Crippen LogP contribution < -0.4 is 14.8 Å². The van der Waals surface area contributed by atoms with Gasteiger partial charge in [-0.05, 0) is 24.3 Å². The summed E-state index contributed by atoms with van der Waals surface area (Å²) in [6.45, 7) is 4.46. The molecule has 1 aliphatic heterocycles. The molecule has 0 spiro atoms. The third-order valence-electron chi connectivity index (χ3n) is 3.31. The molecule has 1 heterocycles. The van der Waals surface area contributed by atoms with Crippen LogP contribution in [0.15, 0.2) is 53.4 Å². The summed E-state index contributed by atoms with van der Waals surface area (Å²) in [5.74, 6) is 1.08. The highest BCUT2D eigenvalue weighted by Gasteiger charge is 2.27. The number of fused-ring (bicyclic) bond motifs is 1. The molecule has 1 amide bonds. The lowest BCUT2D eigenvalue weighted by atomic mass is 10.2. The number of carbonyl (C=O) groups is 1. The number of para-hydroxylation sites is 3. The minimum absolute atomic E-state index is 0.198. The van der Waals surface area contributed by atoms with E-state index in [1.54, 1.807) is 17.8 Å². The Hall–Kier alpha value is -2.14. The molecule has 1 N–H and O–H groups in total. The zero-order chi connectivity index (χ0) is 16.2.